The van der Waals surface area contributed by atoms with E-state index in [4.69, 9.17) is 27.9 Å². The predicted octanol–water partition coefficient (Wildman–Crippen LogP) is 6.64. The number of hydrogen-bond donors (Lipinski definition) is 1. The van der Waals surface area contributed by atoms with Gasteiger partial charge in [-0.25, -0.2) is 4.79 Å². The lowest BCUT2D eigenvalue weighted by molar-refractivity contribution is -0.146. The van der Waals surface area contributed by atoms with E-state index >= 15 is 0 Å². The van der Waals surface area contributed by atoms with Gasteiger partial charge in [-0.2, -0.15) is 0 Å². The van der Waals surface area contributed by atoms with Crippen LogP contribution in [0.15, 0.2) is 103 Å². The molecule has 2 bridgehead atoms. The highest BCUT2D eigenvalue weighted by Gasteiger charge is 2.73. The molecule has 8 rings (SSSR count). The lowest BCUT2D eigenvalue weighted by Gasteiger charge is -2.54. The molecule has 1 saturated heterocycles. The molecule has 1 N–H and O–H groups in total. The van der Waals surface area contributed by atoms with Gasteiger partial charge in [0.1, 0.15) is 15.8 Å². The molecule has 0 saturated carbocycles. The van der Waals surface area contributed by atoms with Gasteiger partial charge in [-0.15, -0.1) is 23.2 Å². The Balaban J connectivity index is 1.26. The molecule has 4 aromatic carbocycles. The number of nitrogens with one attached hydrogen (secondary N) is 1. The number of alkyl halides is 2. The largest absolute Gasteiger partial charge is 0.462 e. The van der Waals surface area contributed by atoms with Crippen LogP contribution >= 0.6 is 23.2 Å². The van der Waals surface area contributed by atoms with E-state index in [9.17, 15) is 19.2 Å². The Morgan fingerprint density at radius 1 is 0.745 bits per heavy atom. The lowest BCUT2D eigenvalue weighted by atomic mass is 9.54. The van der Waals surface area contributed by atoms with E-state index in [-0.39, 0.29) is 12.3 Å². The Bertz CT molecular complexity index is 1790. The summed E-state index contributed by atoms with van der Waals surface area (Å²) < 4.78 is 5.31. The molecule has 7 nitrogen and oxygen atoms in total. The molecule has 1 aliphatic heterocycles. The zero-order valence-corrected chi connectivity index (χ0v) is 27.3. The SMILES string of the molecule is CC(C)COC(=O)c1ccc(NC(=O)[C@H](Cc2ccccc2)N2C(=O)[C@@H]3[C@@H](C2=O)C2(Cl)c4ccccc4C3(Cl)c3ccccc32)cc1. The molecule has 0 spiro atoms. The number of anilines is 1. The highest BCUT2D eigenvalue weighted by atomic mass is 35.5. The highest BCUT2D eigenvalue weighted by molar-refractivity contribution is 6.36. The molecule has 47 heavy (non-hydrogen) atoms. The number of ether oxygens (including phenoxy) is 1. The molecule has 4 aromatic rings. The number of likely N-dealkylation sites (tertiary alicyclic amines) is 1. The van der Waals surface area contributed by atoms with E-state index in [1.807, 2.05) is 92.7 Å². The average molecular weight is 668 g/mol. The van der Waals surface area contributed by atoms with Crippen molar-refractivity contribution in [1.29, 1.82) is 0 Å². The van der Waals surface area contributed by atoms with Gasteiger partial charge in [-0.05, 0) is 58.0 Å². The van der Waals surface area contributed by atoms with Gasteiger partial charge in [0, 0.05) is 12.1 Å². The number of rotatable bonds is 8. The first-order valence-corrected chi connectivity index (χ1v) is 16.4. The minimum atomic E-state index is -1.36. The number of amides is 3. The molecule has 3 amide bonds. The number of imide groups is 1. The monoisotopic (exact) mass is 666 g/mol. The summed E-state index contributed by atoms with van der Waals surface area (Å²) >= 11 is 15.2. The molecular formula is C38H32Cl2N2O5. The Hall–Kier alpha value is -4.46. The molecule has 3 aliphatic carbocycles. The third kappa shape index (κ3) is 4.78. The fourth-order valence-electron chi connectivity index (χ4n) is 7.38. The zero-order valence-electron chi connectivity index (χ0n) is 25.8. The maximum absolute atomic E-state index is 14.7. The van der Waals surface area contributed by atoms with Gasteiger partial charge in [0.05, 0.1) is 24.0 Å². The Kier molecular flexibility index (Phi) is 7.72. The van der Waals surface area contributed by atoms with Crippen LogP contribution in [0.3, 0.4) is 0 Å². The first-order chi connectivity index (χ1) is 22.6. The second-order valence-corrected chi connectivity index (χ2v) is 14.0. The number of carbonyl (C=O) groups excluding carboxylic acids is 4. The summed E-state index contributed by atoms with van der Waals surface area (Å²) in [7, 11) is 0. The van der Waals surface area contributed by atoms with Crippen LogP contribution in [0.2, 0.25) is 0 Å². The van der Waals surface area contributed by atoms with Crippen LogP contribution in [0, 0.1) is 17.8 Å². The fraction of sp³-hybridized carbons (Fsp3) is 0.263. The molecule has 1 fully saturated rings. The standard InChI is InChI=1S/C38H32Cl2N2O5/c1-22(2)21-47-36(46)24-16-18-25(19-17-24)41-33(43)30(20-23-10-4-3-5-11-23)42-34(44)31-32(35(42)45)38(40)27-13-7-6-12-26(27)37(31,39)28-14-8-9-15-29(28)38/h3-19,22,30-32H,20-21H2,1-2H3,(H,41,43)/t30-,31-,32-,37?,38?/m0/s1. The van der Waals surface area contributed by atoms with E-state index in [0.29, 0.717) is 40.1 Å². The Labute approximate surface area is 282 Å². The molecule has 0 radical (unpaired) electrons. The van der Waals surface area contributed by atoms with Gasteiger partial charge in [0.25, 0.3) is 0 Å². The van der Waals surface area contributed by atoms with E-state index in [0.717, 1.165) is 10.5 Å². The molecule has 1 heterocycles. The summed E-state index contributed by atoms with van der Waals surface area (Å²) in [5.41, 5.74) is 4.26. The number of nitrogens with zero attached hydrogens (tertiary/aromatic N) is 1. The molecule has 238 valence electrons. The van der Waals surface area contributed by atoms with Gasteiger partial charge in [-0.3, -0.25) is 19.3 Å². The van der Waals surface area contributed by atoms with Gasteiger partial charge >= 0.3 is 5.97 Å². The van der Waals surface area contributed by atoms with Crippen molar-refractivity contribution in [1.82, 2.24) is 4.90 Å². The van der Waals surface area contributed by atoms with Crippen LogP contribution in [0.4, 0.5) is 5.69 Å². The van der Waals surface area contributed by atoms with Crippen LogP contribution < -0.4 is 5.32 Å². The second-order valence-electron chi connectivity index (χ2n) is 12.8. The zero-order chi connectivity index (χ0) is 33.1. The van der Waals surface area contributed by atoms with E-state index in [1.54, 1.807) is 24.3 Å². The third-order valence-electron chi connectivity index (χ3n) is 9.44. The third-order valence-corrected chi connectivity index (χ3v) is 10.7. The second kappa shape index (κ2) is 11.7. The topological polar surface area (TPSA) is 92.8 Å². The fourth-order valence-corrected chi connectivity index (χ4v) is 8.47. The molecule has 9 heteroatoms. The van der Waals surface area contributed by atoms with Crippen molar-refractivity contribution in [2.75, 3.05) is 11.9 Å². The van der Waals surface area contributed by atoms with Crippen molar-refractivity contribution in [3.8, 4) is 0 Å². The van der Waals surface area contributed by atoms with Gasteiger partial charge in [0.2, 0.25) is 17.7 Å². The maximum Gasteiger partial charge on any atom is 0.338 e. The summed E-state index contributed by atoms with van der Waals surface area (Å²) in [6.45, 7) is 4.19. The number of benzene rings is 4. The van der Waals surface area contributed by atoms with E-state index < -0.39 is 51.3 Å². The minimum absolute atomic E-state index is 0.0771. The summed E-state index contributed by atoms with van der Waals surface area (Å²) in [6, 6.07) is 29.2. The maximum atomic E-state index is 14.7. The van der Waals surface area contributed by atoms with Crippen molar-refractivity contribution in [3.05, 3.63) is 137 Å². The van der Waals surface area contributed by atoms with Gasteiger partial charge in [0.15, 0.2) is 0 Å². The number of halogens is 2. The van der Waals surface area contributed by atoms with E-state index in [1.165, 1.54) is 0 Å². The van der Waals surface area contributed by atoms with Crippen LogP contribution in [0.5, 0.6) is 0 Å². The van der Waals surface area contributed by atoms with Crippen LogP contribution in [0.25, 0.3) is 0 Å². The average Bonchev–Trinajstić information content (AvgIpc) is 3.36. The highest BCUT2D eigenvalue weighted by Crippen LogP contribution is 2.69. The molecular weight excluding hydrogens is 635 g/mol. The molecule has 3 atom stereocenters. The minimum Gasteiger partial charge on any atom is -0.462 e. The predicted molar refractivity (Wildman–Crippen MR) is 179 cm³/mol. The van der Waals surface area contributed by atoms with Crippen LogP contribution in [-0.2, 0) is 35.3 Å². The van der Waals surface area contributed by atoms with Gasteiger partial charge in [-0.1, -0.05) is 92.7 Å². The van der Waals surface area contributed by atoms with Crippen LogP contribution in [0.1, 0.15) is 52.0 Å². The lowest BCUT2D eigenvalue weighted by Crippen LogP contribution is -2.57. The summed E-state index contributed by atoms with van der Waals surface area (Å²) in [4.78, 5) is 54.3. The molecule has 0 unspecified atom stereocenters. The van der Waals surface area contributed by atoms with Crippen molar-refractivity contribution >= 4 is 52.6 Å². The van der Waals surface area contributed by atoms with Crippen molar-refractivity contribution in [2.45, 2.75) is 36.1 Å². The van der Waals surface area contributed by atoms with E-state index in [2.05, 4.69) is 5.32 Å². The Morgan fingerprint density at radius 3 is 1.68 bits per heavy atom. The van der Waals surface area contributed by atoms with Crippen molar-refractivity contribution in [2.24, 2.45) is 17.8 Å². The number of carbonyl (C=O) groups is 4. The van der Waals surface area contributed by atoms with Crippen molar-refractivity contribution in [3.63, 3.8) is 0 Å². The summed E-state index contributed by atoms with van der Waals surface area (Å²) in [6.07, 6.45) is 0.0771. The molecule has 4 aliphatic rings. The Morgan fingerprint density at radius 2 is 1.21 bits per heavy atom. The summed E-state index contributed by atoms with van der Waals surface area (Å²) in [5, 5.41) is 2.87. The number of hydrogen-bond acceptors (Lipinski definition) is 5. The normalized spacial score (nSPS) is 24.4. The smallest absolute Gasteiger partial charge is 0.338 e. The van der Waals surface area contributed by atoms with Gasteiger partial charge < -0.3 is 10.1 Å². The quantitative estimate of drug-likeness (QED) is 0.129. The molecule has 0 aromatic heterocycles. The summed E-state index contributed by atoms with van der Waals surface area (Å²) in [5.74, 6) is -3.95. The first kappa shape index (κ1) is 31.2. The van der Waals surface area contributed by atoms with Crippen LogP contribution in [-0.4, -0.2) is 41.2 Å². The first-order valence-electron chi connectivity index (χ1n) is 15.6. The number of esters is 1. The van der Waals surface area contributed by atoms with Crippen molar-refractivity contribution < 1.29 is 23.9 Å².